The van der Waals surface area contributed by atoms with E-state index in [1.165, 1.54) is 12.1 Å². The van der Waals surface area contributed by atoms with E-state index in [1.807, 2.05) is 32.0 Å². The Kier molecular flexibility index (Phi) is 3.87. The molecule has 0 aliphatic carbocycles. The molecular formula is C15H14ClFO. The molecular weight excluding hydrogens is 251 g/mol. The number of benzene rings is 2. The van der Waals surface area contributed by atoms with Crippen molar-refractivity contribution >= 4 is 11.6 Å². The van der Waals surface area contributed by atoms with Gasteiger partial charge in [-0.25, -0.2) is 4.39 Å². The van der Waals surface area contributed by atoms with Gasteiger partial charge in [0.2, 0.25) is 0 Å². The minimum absolute atomic E-state index is 0.177. The lowest BCUT2D eigenvalue weighted by Gasteiger charge is -2.11. The first kappa shape index (κ1) is 12.9. The molecule has 2 rings (SSSR count). The lowest BCUT2D eigenvalue weighted by Crippen LogP contribution is -2.00. The summed E-state index contributed by atoms with van der Waals surface area (Å²) < 4.78 is 19.2. The van der Waals surface area contributed by atoms with E-state index in [2.05, 4.69) is 0 Å². The zero-order chi connectivity index (χ0) is 13.1. The summed E-state index contributed by atoms with van der Waals surface area (Å²) >= 11 is 5.83. The van der Waals surface area contributed by atoms with Gasteiger partial charge in [0.05, 0.1) is 0 Å². The lowest BCUT2D eigenvalue weighted by atomic mass is 10.1. The summed E-state index contributed by atoms with van der Waals surface area (Å²) in [4.78, 5) is 0. The number of aryl methyl sites for hydroxylation is 1. The highest BCUT2D eigenvalue weighted by molar-refractivity contribution is 6.30. The average molecular weight is 265 g/mol. The zero-order valence-electron chi connectivity index (χ0n) is 10.3. The molecule has 0 heterocycles. The molecule has 1 nitrogen and oxygen atoms in total. The number of ether oxygens (including phenoxy) is 1. The lowest BCUT2D eigenvalue weighted by molar-refractivity contribution is 0.297. The maximum absolute atomic E-state index is 13.5. The molecule has 0 spiro atoms. The minimum Gasteiger partial charge on any atom is -0.489 e. The number of halogens is 2. The highest BCUT2D eigenvalue weighted by Gasteiger charge is 2.06. The summed E-state index contributed by atoms with van der Waals surface area (Å²) in [5.41, 5.74) is 2.68. The first-order valence-corrected chi connectivity index (χ1v) is 6.08. The molecule has 2 aromatic carbocycles. The van der Waals surface area contributed by atoms with Crippen LogP contribution in [0.25, 0.3) is 0 Å². The third-order valence-corrected chi connectivity index (χ3v) is 3.18. The van der Waals surface area contributed by atoms with Crippen LogP contribution in [0.1, 0.15) is 16.7 Å². The molecule has 0 saturated carbocycles. The van der Waals surface area contributed by atoms with Gasteiger partial charge in [-0.05, 0) is 49.2 Å². The molecule has 18 heavy (non-hydrogen) atoms. The van der Waals surface area contributed by atoms with Crippen molar-refractivity contribution in [2.24, 2.45) is 0 Å². The second kappa shape index (κ2) is 5.40. The standard InChI is InChI=1S/C15H14ClFO/c1-10-4-3-5-15(11(10)2)18-9-12-8-13(16)6-7-14(12)17/h3-8H,9H2,1-2H3. The van der Waals surface area contributed by atoms with Crippen LogP contribution in [0, 0.1) is 19.7 Å². The van der Waals surface area contributed by atoms with E-state index in [-0.39, 0.29) is 12.4 Å². The molecule has 0 aliphatic rings. The second-order valence-electron chi connectivity index (χ2n) is 4.22. The maximum atomic E-state index is 13.5. The summed E-state index contributed by atoms with van der Waals surface area (Å²) in [7, 11) is 0. The van der Waals surface area contributed by atoms with Crippen molar-refractivity contribution in [1.29, 1.82) is 0 Å². The molecule has 0 aliphatic heterocycles. The summed E-state index contributed by atoms with van der Waals surface area (Å²) in [5.74, 6) is 0.471. The first-order chi connectivity index (χ1) is 8.58. The summed E-state index contributed by atoms with van der Waals surface area (Å²) in [6.45, 7) is 4.18. The number of hydrogen-bond donors (Lipinski definition) is 0. The fraction of sp³-hybridized carbons (Fsp3) is 0.200. The van der Waals surface area contributed by atoms with Crippen LogP contribution in [0.15, 0.2) is 36.4 Å². The van der Waals surface area contributed by atoms with Crippen molar-refractivity contribution in [3.05, 3.63) is 63.9 Å². The van der Waals surface area contributed by atoms with Crippen LogP contribution in [0.4, 0.5) is 4.39 Å². The Morgan fingerprint density at radius 1 is 1.17 bits per heavy atom. The third-order valence-electron chi connectivity index (χ3n) is 2.95. The van der Waals surface area contributed by atoms with E-state index in [1.54, 1.807) is 6.07 Å². The van der Waals surface area contributed by atoms with E-state index in [0.717, 1.165) is 16.9 Å². The van der Waals surface area contributed by atoms with Crippen LogP contribution in [0.3, 0.4) is 0 Å². The SMILES string of the molecule is Cc1cccc(OCc2cc(Cl)ccc2F)c1C. The largest absolute Gasteiger partial charge is 0.489 e. The third kappa shape index (κ3) is 2.82. The predicted molar refractivity (Wildman–Crippen MR) is 71.7 cm³/mol. The Balaban J connectivity index is 2.16. The van der Waals surface area contributed by atoms with Gasteiger partial charge in [-0.15, -0.1) is 0 Å². The predicted octanol–water partition coefficient (Wildman–Crippen LogP) is 4.67. The molecule has 0 aromatic heterocycles. The molecule has 0 unspecified atom stereocenters. The van der Waals surface area contributed by atoms with E-state index < -0.39 is 0 Å². The molecule has 0 N–H and O–H groups in total. The molecule has 0 fully saturated rings. The van der Waals surface area contributed by atoms with Crippen molar-refractivity contribution in [1.82, 2.24) is 0 Å². The van der Waals surface area contributed by atoms with Crippen LogP contribution in [0.5, 0.6) is 5.75 Å². The second-order valence-corrected chi connectivity index (χ2v) is 4.66. The van der Waals surface area contributed by atoms with Gasteiger partial charge in [-0.2, -0.15) is 0 Å². The van der Waals surface area contributed by atoms with Crippen molar-refractivity contribution in [3.8, 4) is 5.75 Å². The Labute approximate surface area is 111 Å². The van der Waals surface area contributed by atoms with Crippen LogP contribution in [0.2, 0.25) is 5.02 Å². The van der Waals surface area contributed by atoms with E-state index in [4.69, 9.17) is 16.3 Å². The normalized spacial score (nSPS) is 10.4. The molecule has 0 radical (unpaired) electrons. The quantitative estimate of drug-likeness (QED) is 0.782. The van der Waals surface area contributed by atoms with Gasteiger partial charge in [-0.1, -0.05) is 23.7 Å². The van der Waals surface area contributed by atoms with Gasteiger partial charge in [0.15, 0.2) is 0 Å². The van der Waals surface area contributed by atoms with E-state index >= 15 is 0 Å². The van der Waals surface area contributed by atoms with Crippen molar-refractivity contribution in [3.63, 3.8) is 0 Å². The summed E-state index contributed by atoms with van der Waals surface area (Å²) in [6.07, 6.45) is 0. The fourth-order valence-corrected chi connectivity index (χ4v) is 1.88. The van der Waals surface area contributed by atoms with Crippen molar-refractivity contribution in [2.75, 3.05) is 0 Å². The van der Waals surface area contributed by atoms with Crippen LogP contribution in [-0.2, 0) is 6.61 Å². The number of hydrogen-bond acceptors (Lipinski definition) is 1. The monoisotopic (exact) mass is 264 g/mol. The Morgan fingerprint density at radius 3 is 2.72 bits per heavy atom. The van der Waals surface area contributed by atoms with Gasteiger partial charge in [0, 0.05) is 10.6 Å². The molecule has 0 amide bonds. The molecule has 94 valence electrons. The van der Waals surface area contributed by atoms with Gasteiger partial charge >= 0.3 is 0 Å². The van der Waals surface area contributed by atoms with Gasteiger partial charge in [-0.3, -0.25) is 0 Å². The average Bonchev–Trinajstić information content (AvgIpc) is 2.35. The first-order valence-electron chi connectivity index (χ1n) is 5.71. The smallest absolute Gasteiger partial charge is 0.129 e. The van der Waals surface area contributed by atoms with Crippen LogP contribution < -0.4 is 4.74 Å². The molecule has 0 saturated heterocycles. The Morgan fingerprint density at radius 2 is 1.94 bits per heavy atom. The minimum atomic E-state index is -0.301. The molecule has 3 heteroatoms. The highest BCUT2D eigenvalue weighted by Crippen LogP contribution is 2.23. The molecule has 0 bridgehead atoms. The van der Waals surface area contributed by atoms with Gasteiger partial charge < -0.3 is 4.74 Å². The Bertz CT molecular complexity index is 564. The highest BCUT2D eigenvalue weighted by atomic mass is 35.5. The zero-order valence-corrected chi connectivity index (χ0v) is 11.1. The summed E-state index contributed by atoms with van der Waals surface area (Å²) in [6, 6.07) is 10.3. The van der Waals surface area contributed by atoms with Crippen molar-refractivity contribution in [2.45, 2.75) is 20.5 Å². The van der Waals surface area contributed by atoms with Gasteiger partial charge in [0.25, 0.3) is 0 Å². The Hall–Kier alpha value is -1.54. The number of rotatable bonds is 3. The van der Waals surface area contributed by atoms with E-state index in [0.29, 0.717) is 10.6 Å². The van der Waals surface area contributed by atoms with E-state index in [9.17, 15) is 4.39 Å². The molecule has 0 atom stereocenters. The van der Waals surface area contributed by atoms with Gasteiger partial charge in [0.1, 0.15) is 18.2 Å². The summed E-state index contributed by atoms with van der Waals surface area (Å²) in [5, 5.41) is 0.510. The fourth-order valence-electron chi connectivity index (χ4n) is 1.69. The maximum Gasteiger partial charge on any atom is 0.129 e. The topological polar surface area (TPSA) is 9.23 Å². The van der Waals surface area contributed by atoms with Crippen molar-refractivity contribution < 1.29 is 9.13 Å². The van der Waals surface area contributed by atoms with Crippen LogP contribution in [-0.4, -0.2) is 0 Å². The molecule has 2 aromatic rings. The van der Waals surface area contributed by atoms with Crippen LogP contribution >= 0.6 is 11.6 Å².